The Bertz CT molecular complexity index is 305. The molecule has 84 valence electrons. The van der Waals surface area contributed by atoms with Crippen LogP contribution >= 0.6 is 12.4 Å². The van der Waals surface area contributed by atoms with E-state index < -0.39 is 5.82 Å². The molecule has 0 aromatic carbocycles. The number of ether oxygens (including phenoxy) is 1. The number of nitrogens with one attached hydrogen (secondary N) is 1. The summed E-state index contributed by atoms with van der Waals surface area (Å²) >= 11 is 0. The van der Waals surface area contributed by atoms with Crippen molar-refractivity contribution in [3.05, 3.63) is 24.1 Å². The van der Waals surface area contributed by atoms with Crippen molar-refractivity contribution in [2.45, 2.75) is 18.9 Å². The summed E-state index contributed by atoms with van der Waals surface area (Å²) in [6.45, 7) is 1.79. The molecule has 1 unspecified atom stereocenters. The van der Waals surface area contributed by atoms with Crippen LogP contribution in [0.15, 0.2) is 18.3 Å². The van der Waals surface area contributed by atoms with Crippen LogP contribution in [0.4, 0.5) is 4.39 Å². The molecule has 2 heterocycles. The van der Waals surface area contributed by atoms with Crippen molar-refractivity contribution in [1.29, 1.82) is 0 Å². The number of piperidine rings is 1. The summed E-state index contributed by atoms with van der Waals surface area (Å²) in [4.78, 5) is 3.85. The molecule has 1 aromatic rings. The quantitative estimate of drug-likeness (QED) is 0.844. The lowest BCUT2D eigenvalue weighted by Crippen LogP contribution is -2.37. The van der Waals surface area contributed by atoms with Gasteiger partial charge in [-0.15, -0.1) is 12.4 Å². The molecule has 0 amide bonds. The molecule has 0 spiro atoms. The van der Waals surface area contributed by atoms with Crippen molar-refractivity contribution >= 4 is 12.4 Å². The van der Waals surface area contributed by atoms with Crippen LogP contribution < -0.4 is 10.1 Å². The van der Waals surface area contributed by atoms with E-state index in [9.17, 15) is 4.39 Å². The first kappa shape index (κ1) is 12.2. The predicted molar refractivity (Wildman–Crippen MR) is 58.0 cm³/mol. The molecule has 2 rings (SSSR count). The highest BCUT2D eigenvalue weighted by Gasteiger charge is 2.16. The van der Waals surface area contributed by atoms with Crippen LogP contribution in [-0.2, 0) is 0 Å². The maximum Gasteiger partial charge on any atom is 0.250 e. The van der Waals surface area contributed by atoms with E-state index in [2.05, 4.69) is 10.3 Å². The summed E-state index contributed by atoms with van der Waals surface area (Å²) in [5.41, 5.74) is 0. The zero-order chi connectivity index (χ0) is 9.80. The Morgan fingerprint density at radius 1 is 1.53 bits per heavy atom. The molecule has 1 aromatic heterocycles. The van der Waals surface area contributed by atoms with Crippen molar-refractivity contribution in [1.82, 2.24) is 10.3 Å². The van der Waals surface area contributed by atoms with Crippen molar-refractivity contribution in [3.63, 3.8) is 0 Å². The molecule has 0 radical (unpaired) electrons. The van der Waals surface area contributed by atoms with Crippen molar-refractivity contribution < 1.29 is 9.13 Å². The minimum absolute atomic E-state index is 0. The summed E-state index contributed by atoms with van der Waals surface area (Å²) in [6, 6.07) is 2.92. The van der Waals surface area contributed by atoms with Gasteiger partial charge in [0.05, 0.1) is 0 Å². The summed E-state index contributed by atoms with van der Waals surface area (Å²) < 4.78 is 18.6. The Morgan fingerprint density at radius 3 is 3.07 bits per heavy atom. The zero-order valence-electron chi connectivity index (χ0n) is 8.28. The van der Waals surface area contributed by atoms with Gasteiger partial charge in [-0.25, -0.2) is 9.37 Å². The summed E-state index contributed by atoms with van der Waals surface area (Å²) in [6.07, 6.45) is 3.62. The Labute approximate surface area is 94.5 Å². The van der Waals surface area contributed by atoms with E-state index in [1.165, 1.54) is 12.3 Å². The molecule has 15 heavy (non-hydrogen) atoms. The first-order valence-electron chi connectivity index (χ1n) is 4.84. The summed E-state index contributed by atoms with van der Waals surface area (Å²) in [5, 5.41) is 3.20. The van der Waals surface area contributed by atoms with Gasteiger partial charge in [0.15, 0.2) is 5.82 Å². The molecule has 0 aliphatic carbocycles. The van der Waals surface area contributed by atoms with Gasteiger partial charge in [-0.1, -0.05) is 0 Å². The number of pyridine rings is 1. The van der Waals surface area contributed by atoms with E-state index in [1.807, 2.05) is 0 Å². The van der Waals surface area contributed by atoms with Crippen LogP contribution in [0.2, 0.25) is 0 Å². The first-order chi connectivity index (χ1) is 6.86. The van der Waals surface area contributed by atoms with Gasteiger partial charge >= 0.3 is 0 Å². The monoisotopic (exact) mass is 232 g/mol. The second-order valence-corrected chi connectivity index (χ2v) is 3.38. The van der Waals surface area contributed by atoms with Gasteiger partial charge < -0.3 is 10.1 Å². The van der Waals surface area contributed by atoms with E-state index in [1.54, 1.807) is 6.07 Å². The SMILES string of the molecule is Cl.Fc1cccnc1OC1CCCNC1. The third-order valence-corrected chi connectivity index (χ3v) is 2.25. The number of hydrogen-bond donors (Lipinski definition) is 1. The fraction of sp³-hybridized carbons (Fsp3) is 0.500. The lowest BCUT2D eigenvalue weighted by Gasteiger charge is -2.23. The summed E-state index contributed by atoms with van der Waals surface area (Å²) in [5.74, 6) is -0.278. The van der Waals surface area contributed by atoms with Crippen LogP contribution in [0.25, 0.3) is 0 Å². The maximum absolute atomic E-state index is 13.1. The minimum Gasteiger partial charge on any atom is -0.471 e. The van der Waals surface area contributed by atoms with Crippen LogP contribution in [0.5, 0.6) is 5.88 Å². The average molecular weight is 233 g/mol. The molecule has 3 nitrogen and oxygen atoms in total. The molecule has 1 fully saturated rings. The average Bonchev–Trinajstić information content (AvgIpc) is 2.23. The van der Waals surface area contributed by atoms with Gasteiger partial charge in [-0.2, -0.15) is 0 Å². The van der Waals surface area contributed by atoms with Gasteiger partial charge in [0.1, 0.15) is 6.10 Å². The highest BCUT2D eigenvalue weighted by molar-refractivity contribution is 5.85. The van der Waals surface area contributed by atoms with Crippen LogP contribution in [0, 0.1) is 5.82 Å². The molecule has 1 atom stereocenters. The van der Waals surface area contributed by atoms with Crippen molar-refractivity contribution in [2.24, 2.45) is 0 Å². The van der Waals surface area contributed by atoms with E-state index in [0.717, 1.165) is 25.9 Å². The smallest absolute Gasteiger partial charge is 0.250 e. The number of nitrogens with zero attached hydrogens (tertiary/aromatic N) is 1. The van der Waals surface area contributed by atoms with Gasteiger partial charge in [-0.05, 0) is 31.5 Å². The van der Waals surface area contributed by atoms with Gasteiger partial charge in [-0.3, -0.25) is 0 Å². The first-order valence-corrected chi connectivity index (χ1v) is 4.84. The standard InChI is InChI=1S/C10H13FN2O.ClH/c11-9-4-2-6-13-10(9)14-8-3-1-5-12-7-8;/h2,4,6,8,12H,1,3,5,7H2;1H. The predicted octanol–water partition coefficient (Wildman–Crippen LogP) is 1.77. The molecule has 5 heteroatoms. The molecular weight excluding hydrogens is 219 g/mol. The highest BCUT2D eigenvalue weighted by Crippen LogP contribution is 2.16. The number of hydrogen-bond acceptors (Lipinski definition) is 3. The molecule has 1 N–H and O–H groups in total. The normalized spacial score (nSPS) is 20.5. The van der Waals surface area contributed by atoms with Gasteiger partial charge in [0.25, 0.3) is 5.88 Å². The van der Waals surface area contributed by atoms with Gasteiger partial charge in [0.2, 0.25) is 0 Å². The van der Waals surface area contributed by atoms with E-state index in [0.29, 0.717) is 0 Å². The maximum atomic E-state index is 13.1. The molecule has 1 saturated heterocycles. The lowest BCUT2D eigenvalue weighted by molar-refractivity contribution is 0.153. The van der Waals surface area contributed by atoms with Gasteiger partial charge in [0, 0.05) is 12.7 Å². The fourth-order valence-corrected chi connectivity index (χ4v) is 1.54. The largest absolute Gasteiger partial charge is 0.471 e. The van der Waals surface area contributed by atoms with Crippen LogP contribution in [0.1, 0.15) is 12.8 Å². The number of halogens is 2. The van der Waals surface area contributed by atoms with Crippen molar-refractivity contribution in [2.75, 3.05) is 13.1 Å². The topological polar surface area (TPSA) is 34.1 Å². The van der Waals surface area contributed by atoms with Crippen LogP contribution in [0.3, 0.4) is 0 Å². The third kappa shape index (κ3) is 3.32. The van der Waals surface area contributed by atoms with Crippen LogP contribution in [-0.4, -0.2) is 24.2 Å². The minimum atomic E-state index is -0.391. The number of aromatic nitrogens is 1. The Balaban J connectivity index is 0.00000112. The molecule has 0 bridgehead atoms. The Morgan fingerprint density at radius 2 is 2.40 bits per heavy atom. The molecule has 0 saturated carbocycles. The molecule has 1 aliphatic rings. The lowest BCUT2D eigenvalue weighted by atomic mass is 10.1. The third-order valence-electron chi connectivity index (χ3n) is 2.25. The second-order valence-electron chi connectivity index (χ2n) is 3.38. The molecular formula is C10H14ClFN2O. The van der Waals surface area contributed by atoms with E-state index in [4.69, 9.17) is 4.74 Å². The van der Waals surface area contributed by atoms with E-state index >= 15 is 0 Å². The zero-order valence-corrected chi connectivity index (χ0v) is 9.10. The van der Waals surface area contributed by atoms with Crippen molar-refractivity contribution in [3.8, 4) is 5.88 Å². The Kier molecular flexibility index (Phi) is 4.78. The summed E-state index contributed by atoms with van der Waals surface area (Å²) in [7, 11) is 0. The highest BCUT2D eigenvalue weighted by atomic mass is 35.5. The van der Waals surface area contributed by atoms with E-state index in [-0.39, 0.29) is 24.4 Å². The number of rotatable bonds is 2. The molecule has 1 aliphatic heterocycles. The fourth-order valence-electron chi connectivity index (χ4n) is 1.54. The Hall–Kier alpha value is -0.870. The second kappa shape index (κ2) is 5.88.